The third-order valence-corrected chi connectivity index (χ3v) is 4.25. The fourth-order valence-electron chi connectivity index (χ4n) is 2.31. The molecule has 7 nitrogen and oxygen atoms in total. The molecule has 1 aromatic heterocycles. The first-order valence-corrected chi connectivity index (χ1v) is 7.32. The van der Waals surface area contributed by atoms with E-state index in [2.05, 4.69) is 26.3 Å². The third-order valence-electron chi connectivity index (χ3n) is 3.50. The van der Waals surface area contributed by atoms with E-state index in [1.807, 2.05) is 5.01 Å². The fourth-order valence-corrected chi connectivity index (χ4v) is 2.77. The van der Waals surface area contributed by atoms with Crippen molar-refractivity contribution in [2.24, 2.45) is 5.84 Å². The second-order valence-corrected chi connectivity index (χ2v) is 5.67. The van der Waals surface area contributed by atoms with E-state index in [4.69, 9.17) is 5.84 Å². The van der Waals surface area contributed by atoms with Gasteiger partial charge in [-0.05, 0) is 28.1 Å². The summed E-state index contributed by atoms with van der Waals surface area (Å²) in [6.07, 6.45) is 1.50. The molecular formula is C13H14BrN5O2. The molecule has 0 amide bonds. The number of rotatable bonds is 2. The highest BCUT2D eigenvalue weighted by Gasteiger charge is 2.33. The lowest BCUT2D eigenvalue weighted by molar-refractivity contribution is 0.0856. The molecule has 21 heavy (non-hydrogen) atoms. The number of nitrogens with zero attached hydrogens (tertiary/aromatic N) is 3. The van der Waals surface area contributed by atoms with Crippen LogP contribution in [0.5, 0.6) is 0 Å². The van der Waals surface area contributed by atoms with E-state index in [-0.39, 0.29) is 27.4 Å². The van der Waals surface area contributed by atoms with Gasteiger partial charge in [0, 0.05) is 32.4 Å². The molecule has 0 atom stereocenters. The number of carbonyl (C=O) groups is 2. The van der Waals surface area contributed by atoms with Gasteiger partial charge in [-0.2, -0.15) is 0 Å². The van der Waals surface area contributed by atoms with Crippen LogP contribution < -0.4 is 11.3 Å². The van der Waals surface area contributed by atoms with Gasteiger partial charge in [-0.1, -0.05) is 0 Å². The van der Waals surface area contributed by atoms with E-state index >= 15 is 0 Å². The molecule has 0 radical (unpaired) electrons. The average Bonchev–Trinajstić information content (AvgIpc) is 2.51. The molecule has 1 fully saturated rings. The number of piperazine rings is 1. The zero-order chi connectivity index (χ0) is 15.0. The van der Waals surface area contributed by atoms with E-state index in [1.165, 1.54) is 6.20 Å². The van der Waals surface area contributed by atoms with Crippen LogP contribution in [0.2, 0.25) is 0 Å². The van der Waals surface area contributed by atoms with Gasteiger partial charge in [0.25, 0.3) is 0 Å². The van der Waals surface area contributed by atoms with Gasteiger partial charge in [-0.15, -0.1) is 0 Å². The Morgan fingerprint density at radius 1 is 1.19 bits per heavy atom. The number of nitrogens with two attached hydrogens (primary N) is 1. The lowest BCUT2D eigenvalue weighted by Crippen LogP contribution is -2.54. The van der Waals surface area contributed by atoms with Gasteiger partial charge in [0.2, 0.25) is 11.6 Å². The summed E-state index contributed by atoms with van der Waals surface area (Å²) in [6.45, 7) is 2.72. The molecule has 0 bridgehead atoms. The minimum Gasteiger partial charge on any atom is -0.314 e. The van der Waals surface area contributed by atoms with Crippen LogP contribution in [0.15, 0.2) is 28.5 Å². The third kappa shape index (κ3) is 2.62. The van der Waals surface area contributed by atoms with Crippen molar-refractivity contribution in [2.45, 2.75) is 0 Å². The number of hydrazine groups is 2. The quantitative estimate of drug-likeness (QED) is 0.728. The van der Waals surface area contributed by atoms with Gasteiger partial charge >= 0.3 is 0 Å². The highest BCUT2D eigenvalue weighted by Crippen LogP contribution is 2.27. The Kier molecular flexibility index (Phi) is 3.85. The first-order chi connectivity index (χ1) is 10.1. The van der Waals surface area contributed by atoms with Crippen LogP contribution in [0.3, 0.4) is 0 Å². The number of pyridine rings is 1. The maximum absolute atomic E-state index is 12.5. The van der Waals surface area contributed by atoms with Crippen molar-refractivity contribution in [3.05, 3.63) is 39.8 Å². The van der Waals surface area contributed by atoms with Crippen LogP contribution in [0.25, 0.3) is 0 Å². The second-order valence-electron chi connectivity index (χ2n) is 4.88. The molecule has 3 rings (SSSR count). The first-order valence-electron chi connectivity index (χ1n) is 6.53. The normalized spacial score (nSPS) is 20.7. The number of ketones is 2. The predicted molar refractivity (Wildman–Crippen MR) is 79.3 cm³/mol. The van der Waals surface area contributed by atoms with Gasteiger partial charge in [0.15, 0.2) is 0 Å². The van der Waals surface area contributed by atoms with E-state index in [0.29, 0.717) is 31.7 Å². The number of fused-ring (bicyclic) bond motifs is 1. The van der Waals surface area contributed by atoms with Gasteiger partial charge in [-0.3, -0.25) is 20.4 Å². The average molecular weight is 352 g/mol. The Labute approximate surface area is 129 Å². The molecule has 1 aliphatic carbocycles. The molecule has 110 valence electrons. The fraction of sp³-hybridized carbons (Fsp3) is 0.308. The monoisotopic (exact) mass is 351 g/mol. The molecular weight excluding hydrogens is 338 g/mol. The molecule has 0 saturated carbocycles. The molecule has 0 aromatic carbocycles. The number of halogens is 1. The molecule has 8 heteroatoms. The molecule has 3 N–H and O–H groups in total. The predicted octanol–water partition coefficient (Wildman–Crippen LogP) is 0.0630. The summed E-state index contributed by atoms with van der Waals surface area (Å²) in [6, 6.07) is 3.26. The van der Waals surface area contributed by atoms with E-state index in [1.54, 1.807) is 17.1 Å². The number of hydrogen-bond donors (Lipinski definition) is 2. The summed E-state index contributed by atoms with van der Waals surface area (Å²) in [5, 5.41) is 3.60. The topological polar surface area (TPSA) is 91.6 Å². The van der Waals surface area contributed by atoms with Gasteiger partial charge in [0.1, 0.15) is 11.4 Å². The van der Waals surface area contributed by atoms with Crippen molar-refractivity contribution in [1.29, 1.82) is 0 Å². The summed E-state index contributed by atoms with van der Waals surface area (Å²) in [5.74, 6) is 5.18. The van der Waals surface area contributed by atoms with Crippen LogP contribution in [0, 0.1) is 0 Å². The largest absolute Gasteiger partial charge is 0.314 e. The zero-order valence-electron chi connectivity index (χ0n) is 11.2. The van der Waals surface area contributed by atoms with Crippen molar-refractivity contribution in [3.63, 3.8) is 0 Å². The van der Waals surface area contributed by atoms with Crippen LogP contribution >= 0.6 is 15.9 Å². The van der Waals surface area contributed by atoms with Crippen LogP contribution in [-0.4, -0.2) is 52.7 Å². The maximum atomic E-state index is 12.5. The van der Waals surface area contributed by atoms with Gasteiger partial charge in [-0.25, -0.2) is 10.0 Å². The number of nitrogens with one attached hydrogen (secondary N) is 1. The summed E-state index contributed by atoms with van der Waals surface area (Å²) in [5.41, 5.74) is 3.80. The Balaban J connectivity index is 1.87. The highest BCUT2D eigenvalue weighted by molar-refractivity contribution is 9.12. The Hall–Kier alpha value is -1.61. The van der Waals surface area contributed by atoms with Crippen molar-refractivity contribution in [2.75, 3.05) is 26.2 Å². The maximum Gasteiger partial charge on any atom is 0.221 e. The molecule has 0 unspecified atom stereocenters. The minimum absolute atomic E-state index is 0.187. The van der Waals surface area contributed by atoms with E-state index < -0.39 is 0 Å². The summed E-state index contributed by atoms with van der Waals surface area (Å²) >= 11 is 3.21. The molecule has 1 aromatic rings. The molecule has 2 heterocycles. The first kappa shape index (κ1) is 14.3. The Morgan fingerprint density at radius 3 is 2.62 bits per heavy atom. The summed E-state index contributed by atoms with van der Waals surface area (Å²) in [7, 11) is 0. The Morgan fingerprint density at radius 2 is 1.90 bits per heavy atom. The van der Waals surface area contributed by atoms with Crippen LogP contribution in [0.1, 0.15) is 20.8 Å². The minimum atomic E-state index is -0.287. The standard InChI is InChI=1S/C13H14BrN5O2/c14-9-11(17-19-6-4-18(15)5-7-19)12(20)8-2-1-3-16-10(8)13(9)21/h1-3,17H,4-7,15H2. The SMILES string of the molecule is NN1CCN(NC2=C(Br)C(=O)c3ncccc3C2=O)CC1. The van der Waals surface area contributed by atoms with Crippen molar-refractivity contribution in [3.8, 4) is 0 Å². The number of aromatic nitrogens is 1. The number of Topliss-reactive ketones (excluding diaryl/α,β-unsaturated/α-hetero) is 2. The van der Waals surface area contributed by atoms with Crippen molar-refractivity contribution < 1.29 is 9.59 Å². The molecule has 1 aliphatic heterocycles. The lowest BCUT2D eigenvalue weighted by Gasteiger charge is -2.33. The Bertz CT molecular complexity index is 637. The number of hydrogen-bond acceptors (Lipinski definition) is 7. The second kappa shape index (κ2) is 5.64. The van der Waals surface area contributed by atoms with Crippen molar-refractivity contribution >= 4 is 27.5 Å². The summed E-state index contributed by atoms with van der Waals surface area (Å²) < 4.78 is 0.217. The smallest absolute Gasteiger partial charge is 0.221 e. The zero-order valence-corrected chi connectivity index (χ0v) is 12.8. The van der Waals surface area contributed by atoms with Crippen molar-refractivity contribution in [1.82, 2.24) is 20.4 Å². The summed E-state index contributed by atoms with van der Waals surface area (Å²) in [4.78, 5) is 28.8. The number of carbonyl (C=O) groups excluding carboxylic acids is 2. The highest BCUT2D eigenvalue weighted by atomic mass is 79.9. The molecule has 1 saturated heterocycles. The van der Waals surface area contributed by atoms with Gasteiger partial charge < -0.3 is 5.43 Å². The molecule has 2 aliphatic rings. The van der Waals surface area contributed by atoms with Crippen LogP contribution in [-0.2, 0) is 0 Å². The van der Waals surface area contributed by atoms with E-state index in [0.717, 1.165) is 0 Å². The van der Waals surface area contributed by atoms with Gasteiger partial charge in [0.05, 0.1) is 10.0 Å². The van der Waals surface area contributed by atoms with Crippen LogP contribution in [0.4, 0.5) is 0 Å². The molecule has 0 spiro atoms. The number of allylic oxidation sites excluding steroid dienone is 2. The van der Waals surface area contributed by atoms with E-state index in [9.17, 15) is 9.59 Å². The lowest BCUT2D eigenvalue weighted by atomic mass is 9.97.